The molecule has 1 heterocycles. The lowest BCUT2D eigenvalue weighted by molar-refractivity contribution is -0.384. The molecule has 1 aliphatic heterocycles. The van der Waals surface area contributed by atoms with E-state index < -0.39 is 0 Å². The van der Waals surface area contributed by atoms with Crippen molar-refractivity contribution in [1.29, 1.82) is 0 Å². The number of nitro benzene ring substituents is 1. The molecule has 106 valence electrons. The maximum Gasteiger partial charge on any atom is 0.269 e. The van der Waals surface area contributed by atoms with Gasteiger partial charge in [-0.05, 0) is 24.1 Å². The van der Waals surface area contributed by atoms with Crippen LogP contribution in [0, 0.1) is 10.1 Å². The molecule has 4 heteroatoms. The molecule has 0 atom stereocenters. The molecule has 0 unspecified atom stereocenters. The molecule has 0 amide bonds. The van der Waals surface area contributed by atoms with Gasteiger partial charge in [-0.2, -0.15) is 0 Å². The molecule has 0 saturated carbocycles. The van der Waals surface area contributed by atoms with Crippen LogP contribution >= 0.6 is 0 Å². The maximum absolute atomic E-state index is 10.7. The number of para-hydroxylation sites is 1. The van der Waals surface area contributed by atoms with Crippen LogP contribution in [0.3, 0.4) is 0 Å². The predicted octanol–water partition coefficient (Wildman–Crippen LogP) is 4.02. The van der Waals surface area contributed by atoms with Crippen molar-refractivity contribution in [2.45, 2.75) is 13.5 Å². The molecule has 1 aliphatic rings. The Balaban J connectivity index is 1.84. The van der Waals surface area contributed by atoms with E-state index in [1.54, 1.807) is 12.1 Å². The summed E-state index contributed by atoms with van der Waals surface area (Å²) in [6, 6.07) is 15.1. The molecule has 21 heavy (non-hydrogen) atoms. The summed E-state index contributed by atoms with van der Waals surface area (Å²) in [7, 11) is 0. The van der Waals surface area contributed by atoms with Crippen LogP contribution in [0.25, 0.3) is 5.57 Å². The minimum Gasteiger partial charge on any atom is -0.363 e. The van der Waals surface area contributed by atoms with Crippen LogP contribution < -0.4 is 4.90 Å². The molecule has 0 aromatic heterocycles. The van der Waals surface area contributed by atoms with Crippen molar-refractivity contribution in [3.05, 3.63) is 75.8 Å². The van der Waals surface area contributed by atoms with Gasteiger partial charge in [0, 0.05) is 36.5 Å². The monoisotopic (exact) mass is 280 g/mol. The third-order valence-corrected chi connectivity index (χ3v) is 3.81. The number of benzene rings is 2. The van der Waals surface area contributed by atoms with Gasteiger partial charge >= 0.3 is 0 Å². The van der Waals surface area contributed by atoms with Gasteiger partial charge in [-0.1, -0.05) is 36.4 Å². The Morgan fingerprint density at radius 1 is 1.14 bits per heavy atom. The Labute approximate surface area is 123 Å². The number of rotatable bonds is 3. The number of allylic oxidation sites excluding steroid dienone is 1. The lowest BCUT2D eigenvalue weighted by atomic mass is 10.00. The maximum atomic E-state index is 10.7. The quantitative estimate of drug-likeness (QED) is 0.630. The van der Waals surface area contributed by atoms with Gasteiger partial charge in [0.15, 0.2) is 0 Å². The second kappa shape index (κ2) is 5.40. The third kappa shape index (κ3) is 2.65. The summed E-state index contributed by atoms with van der Waals surface area (Å²) >= 11 is 0. The topological polar surface area (TPSA) is 46.4 Å². The van der Waals surface area contributed by atoms with E-state index in [1.165, 1.54) is 16.8 Å². The standard InChI is InChI=1S/C17H16N2O2/c1-13-10-11-18(17-5-3-2-4-16(13)17)12-14-6-8-15(9-7-14)19(20)21/h2-10H,11-12H2,1H3. The van der Waals surface area contributed by atoms with E-state index in [0.717, 1.165) is 18.7 Å². The van der Waals surface area contributed by atoms with Gasteiger partial charge in [0.2, 0.25) is 0 Å². The van der Waals surface area contributed by atoms with E-state index in [-0.39, 0.29) is 10.6 Å². The fourth-order valence-electron chi connectivity index (χ4n) is 2.63. The SMILES string of the molecule is CC1=CCN(Cc2ccc([N+](=O)[O-])cc2)c2ccccc21. The highest BCUT2D eigenvalue weighted by Gasteiger charge is 2.16. The van der Waals surface area contributed by atoms with Crippen molar-refractivity contribution in [3.63, 3.8) is 0 Å². The van der Waals surface area contributed by atoms with Gasteiger partial charge < -0.3 is 4.90 Å². The van der Waals surface area contributed by atoms with Crippen LogP contribution in [0.2, 0.25) is 0 Å². The average molecular weight is 280 g/mol. The first kappa shape index (κ1) is 13.4. The van der Waals surface area contributed by atoms with Gasteiger partial charge in [0.1, 0.15) is 0 Å². The lowest BCUT2D eigenvalue weighted by Crippen LogP contribution is -2.26. The zero-order valence-electron chi connectivity index (χ0n) is 11.8. The molecule has 0 bridgehead atoms. The first-order valence-corrected chi connectivity index (χ1v) is 6.89. The first-order valence-electron chi connectivity index (χ1n) is 6.89. The van der Waals surface area contributed by atoms with Crippen molar-refractivity contribution >= 4 is 16.9 Å². The van der Waals surface area contributed by atoms with E-state index in [4.69, 9.17) is 0 Å². The second-order valence-electron chi connectivity index (χ2n) is 5.21. The van der Waals surface area contributed by atoms with Crippen molar-refractivity contribution < 1.29 is 4.92 Å². The summed E-state index contributed by atoms with van der Waals surface area (Å²) in [4.78, 5) is 12.6. The molecule has 0 N–H and O–H groups in total. The molecule has 4 nitrogen and oxygen atoms in total. The molecule has 0 fully saturated rings. The summed E-state index contributed by atoms with van der Waals surface area (Å²) in [6.07, 6.45) is 2.22. The minimum absolute atomic E-state index is 0.133. The lowest BCUT2D eigenvalue weighted by Gasteiger charge is -2.30. The fraction of sp³-hybridized carbons (Fsp3) is 0.176. The zero-order valence-corrected chi connectivity index (χ0v) is 11.8. The van der Waals surface area contributed by atoms with E-state index in [0.29, 0.717) is 0 Å². The molecule has 2 aromatic rings. The Morgan fingerprint density at radius 2 is 1.86 bits per heavy atom. The summed E-state index contributed by atoms with van der Waals surface area (Å²) < 4.78 is 0. The summed E-state index contributed by atoms with van der Waals surface area (Å²) in [6.45, 7) is 3.74. The predicted molar refractivity (Wildman–Crippen MR) is 84.2 cm³/mol. The minimum atomic E-state index is -0.369. The Hall–Kier alpha value is -2.62. The van der Waals surface area contributed by atoms with Crippen molar-refractivity contribution in [2.75, 3.05) is 11.4 Å². The summed E-state index contributed by atoms with van der Waals surface area (Å²) in [5.74, 6) is 0. The van der Waals surface area contributed by atoms with Crippen LogP contribution in [0.5, 0.6) is 0 Å². The van der Waals surface area contributed by atoms with E-state index in [1.807, 2.05) is 24.3 Å². The molecule has 0 saturated heterocycles. The number of hydrogen-bond donors (Lipinski definition) is 0. The Morgan fingerprint density at radius 3 is 2.57 bits per heavy atom. The normalized spacial score (nSPS) is 13.6. The highest BCUT2D eigenvalue weighted by molar-refractivity contribution is 5.79. The van der Waals surface area contributed by atoms with Crippen LogP contribution in [0.15, 0.2) is 54.6 Å². The molecule has 0 radical (unpaired) electrons. The second-order valence-corrected chi connectivity index (χ2v) is 5.21. The third-order valence-electron chi connectivity index (χ3n) is 3.81. The Bertz CT molecular complexity index is 705. The first-order chi connectivity index (χ1) is 10.1. The van der Waals surface area contributed by atoms with E-state index in [2.05, 4.69) is 30.0 Å². The van der Waals surface area contributed by atoms with Gasteiger partial charge in [-0.15, -0.1) is 0 Å². The molecular weight excluding hydrogens is 264 g/mol. The van der Waals surface area contributed by atoms with Gasteiger partial charge in [-0.3, -0.25) is 10.1 Å². The number of hydrogen-bond acceptors (Lipinski definition) is 3. The molecule has 0 spiro atoms. The number of fused-ring (bicyclic) bond motifs is 1. The summed E-state index contributed by atoms with van der Waals surface area (Å²) in [5, 5.41) is 10.7. The van der Waals surface area contributed by atoms with Gasteiger partial charge in [0.05, 0.1) is 4.92 Å². The number of nitrogens with zero attached hydrogens (tertiary/aromatic N) is 2. The number of non-ortho nitro benzene ring substituents is 1. The highest BCUT2D eigenvalue weighted by Crippen LogP contribution is 2.31. The van der Waals surface area contributed by atoms with Crippen LogP contribution in [-0.4, -0.2) is 11.5 Å². The van der Waals surface area contributed by atoms with Crippen LogP contribution in [0.1, 0.15) is 18.1 Å². The smallest absolute Gasteiger partial charge is 0.269 e. The molecule has 3 rings (SSSR count). The average Bonchev–Trinajstić information content (AvgIpc) is 2.51. The van der Waals surface area contributed by atoms with Crippen LogP contribution in [0.4, 0.5) is 11.4 Å². The van der Waals surface area contributed by atoms with E-state index in [9.17, 15) is 10.1 Å². The highest BCUT2D eigenvalue weighted by atomic mass is 16.6. The summed E-state index contributed by atoms with van der Waals surface area (Å²) in [5.41, 5.74) is 4.98. The molecular formula is C17H16N2O2. The largest absolute Gasteiger partial charge is 0.363 e. The van der Waals surface area contributed by atoms with Crippen LogP contribution in [-0.2, 0) is 6.54 Å². The molecule has 2 aromatic carbocycles. The van der Waals surface area contributed by atoms with Gasteiger partial charge in [0.25, 0.3) is 5.69 Å². The van der Waals surface area contributed by atoms with Gasteiger partial charge in [-0.25, -0.2) is 0 Å². The van der Waals surface area contributed by atoms with Crippen molar-refractivity contribution in [1.82, 2.24) is 0 Å². The Kier molecular flexibility index (Phi) is 3.44. The van der Waals surface area contributed by atoms with E-state index >= 15 is 0 Å². The number of nitro groups is 1. The van der Waals surface area contributed by atoms with Crippen molar-refractivity contribution in [2.24, 2.45) is 0 Å². The molecule has 0 aliphatic carbocycles. The zero-order chi connectivity index (χ0) is 14.8. The fourth-order valence-corrected chi connectivity index (χ4v) is 2.63. The number of anilines is 1. The van der Waals surface area contributed by atoms with Crippen molar-refractivity contribution in [3.8, 4) is 0 Å².